The Balaban J connectivity index is 1.20. The molecule has 178 valence electrons. The number of nitrogens with zero attached hydrogens (tertiary/aromatic N) is 4. The molecule has 9 nitrogen and oxygen atoms in total. The highest BCUT2D eigenvalue weighted by atomic mass is 16.5. The summed E-state index contributed by atoms with van der Waals surface area (Å²) in [6.45, 7) is 8.44. The molecule has 4 rings (SSSR count). The number of carbonyl (C=O) groups excluding carboxylic acids is 1. The topological polar surface area (TPSA) is 82.2 Å². The maximum absolute atomic E-state index is 12.7. The molecule has 1 aromatic carbocycles. The lowest BCUT2D eigenvalue weighted by molar-refractivity contribution is 0.0126. The van der Waals surface area contributed by atoms with E-state index in [0.29, 0.717) is 37.7 Å². The second-order valence-electron chi connectivity index (χ2n) is 8.22. The van der Waals surface area contributed by atoms with E-state index in [1.54, 1.807) is 19.4 Å². The number of piperazine rings is 1. The normalized spacial score (nSPS) is 17.5. The van der Waals surface area contributed by atoms with Crippen LogP contribution in [0.1, 0.15) is 16.8 Å². The number of aromatic nitrogens is 1. The first kappa shape index (κ1) is 23.3. The maximum Gasteiger partial charge on any atom is 0.269 e. The van der Waals surface area contributed by atoms with E-state index >= 15 is 0 Å². The fraction of sp³-hybridized carbons (Fsp3) is 0.500. The van der Waals surface area contributed by atoms with Gasteiger partial charge in [-0.05, 0) is 37.2 Å². The quantitative estimate of drug-likeness (QED) is 0.554. The Kier molecular flexibility index (Phi) is 8.35. The largest absolute Gasteiger partial charge is 0.495 e. The van der Waals surface area contributed by atoms with Crippen molar-refractivity contribution in [3.63, 3.8) is 0 Å². The number of hydrogen-bond acceptors (Lipinski definition) is 8. The standard InChI is InChI=1S/C24H34N6O3/c1-32-22-8-3-2-7-21(22)29-14-12-28(13-15-29)11-5-10-26-23-20(6-4-9-25-23)24(31)27-30-16-18-33-19-17-30/h2-4,6-9H,5,10-19H2,1H3,(H,25,26)(H,27,31). The van der Waals surface area contributed by atoms with Crippen molar-refractivity contribution in [2.75, 3.05) is 82.9 Å². The van der Waals surface area contributed by atoms with Crippen molar-refractivity contribution in [1.82, 2.24) is 20.3 Å². The molecule has 33 heavy (non-hydrogen) atoms. The summed E-state index contributed by atoms with van der Waals surface area (Å²) in [5, 5.41) is 5.25. The SMILES string of the molecule is COc1ccccc1N1CCN(CCCNc2ncccc2C(=O)NN2CCOCC2)CC1. The van der Waals surface area contributed by atoms with Crippen LogP contribution in [0.3, 0.4) is 0 Å². The van der Waals surface area contributed by atoms with E-state index in [2.05, 4.69) is 37.7 Å². The zero-order chi connectivity index (χ0) is 22.9. The second-order valence-corrected chi connectivity index (χ2v) is 8.22. The van der Waals surface area contributed by atoms with Crippen LogP contribution in [0.25, 0.3) is 0 Å². The molecule has 1 aromatic heterocycles. The van der Waals surface area contributed by atoms with Crippen LogP contribution in [0.15, 0.2) is 42.6 Å². The summed E-state index contributed by atoms with van der Waals surface area (Å²) in [6.07, 6.45) is 2.70. The fourth-order valence-electron chi connectivity index (χ4n) is 4.22. The van der Waals surface area contributed by atoms with E-state index in [0.717, 1.165) is 51.4 Å². The van der Waals surface area contributed by atoms with Crippen molar-refractivity contribution in [2.45, 2.75) is 6.42 Å². The van der Waals surface area contributed by atoms with Crippen LogP contribution in [0.4, 0.5) is 11.5 Å². The lowest BCUT2D eigenvalue weighted by atomic mass is 10.2. The van der Waals surface area contributed by atoms with E-state index in [-0.39, 0.29) is 5.91 Å². The first-order valence-corrected chi connectivity index (χ1v) is 11.7. The number of amides is 1. The van der Waals surface area contributed by atoms with Gasteiger partial charge in [0.2, 0.25) is 0 Å². The number of carbonyl (C=O) groups is 1. The highest BCUT2D eigenvalue weighted by molar-refractivity contribution is 5.98. The van der Waals surface area contributed by atoms with Crippen molar-refractivity contribution in [2.24, 2.45) is 0 Å². The zero-order valence-corrected chi connectivity index (χ0v) is 19.3. The molecule has 1 amide bonds. The number of morpholine rings is 1. The van der Waals surface area contributed by atoms with Gasteiger partial charge in [0.25, 0.3) is 5.91 Å². The molecule has 0 bridgehead atoms. The maximum atomic E-state index is 12.7. The summed E-state index contributed by atoms with van der Waals surface area (Å²) in [5.74, 6) is 1.42. The van der Waals surface area contributed by atoms with Crippen LogP contribution in [-0.4, -0.2) is 93.5 Å². The minimum Gasteiger partial charge on any atom is -0.495 e. The third-order valence-electron chi connectivity index (χ3n) is 6.06. The molecule has 0 aliphatic carbocycles. The van der Waals surface area contributed by atoms with E-state index in [9.17, 15) is 4.79 Å². The molecular weight excluding hydrogens is 420 g/mol. The monoisotopic (exact) mass is 454 g/mol. The summed E-state index contributed by atoms with van der Waals surface area (Å²) < 4.78 is 10.8. The summed E-state index contributed by atoms with van der Waals surface area (Å²) in [4.78, 5) is 22.0. The van der Waals surface area contributed by atoms with Crippen molar-refractivity contribution in [1.29, 1.82) is 0 Å². The Morgan fingerprint density at radius 3 is 2.64 bits per heavy atom. The molecule has 0 radical (unpaired) electrons. The lowest BCUT2D eigenvalue weighted by Crippen LogP contribution is -2.48. The van der Waals surface area contributed by atoms with Crippen LogP contribution in [-0.2, 0) is 4.74 Å². The Bertz CT molecular complexity index is 897. The molecule has 0 spiro atoms. The Labute approximate surface area is 195 Å². The van der Waals surface area contributed by atoms with Gasteiger partial charge in [0.1, 0.15) is 11.6 Å². The summed E-state index contributed by atoms with van der Waals surface area (Å²) in [7, 11) is 1.72. The molecular formula is C24H34N6O3. The van der Waals surface area contributed by atoms with Crippen LogP contribution in [0.2, 0.25) is 0 Å². The van der Waals surface area contributed by atoms with E-state index in [1.165, 1.54) is 5.69 Å². The molecule has 2 saturated heterocycles. The average molecular weight is 455 g/mol. The number of hydrogen-bond donors (Lipinski definition) is 2. The number of methoxy groups -OCH3 is 1. The van der Waals surface area contributed by atoms with Crippen LogP contribution in [0, 0.1) is 0 Å². The van der Waals surface area contributed by atoms with Gasteiger partial charge in [-0.25, -0.2) is 9.99 Å². The van der Waals surface area contributed by atoms with Gasteiger partial charge in [-0.15, -0.1) is 0 Å². The van der Waals surface area contributed by atoms with Gasteiger partial charge in [0, 0.05) is 52.0 Å². The van der Waals surface area contributed by atoms with Gasteiger partial charge < -0.3 is 19.7 Å². The first-order chi connectivity index (χ1) is 16.2. The Morgan fingerprint density at radius 1 is 1.06 bits per heavy atom. The molecule has 0 saturated carbocycles. The van der Waals surface area contributed by atoms with Gasteiger partial charge in [-0.3, -0.25) is 15.1 Å². The van der Waals surface area contributed by atoms with Gasteiger partial charge in [-0.1, -0.05) is 12.1 Å². The number of para-hydroxylation sites is 2. The van der Waals surface area contributed by atoms with Gasteiger partial charge in [-0.2, -0.15) is 0 Å². The number of ether oxygens (including phenoxy) is 2. The molecule has 3 heterocycles. The predicted molar refractivity (Wildman–Crippen MR) is 129 cm³/mol. The van der Waals surface area contributed by atoms with Gasteiger partial charge in [0.15, 0.2) is 0 Å². The first-order valence-electron chi connectivity index (χ1n) is 11.7. The van der Waals surface area contributed by atoms with Crippen LogP contribution >= 0.6 is 0 Å². The number of nitrogens with one attached hydrogen (secondary N) is 2. The minimum atomic E-state index is -0.139. The van der Waals surface area contributed by atoms with E-state index in [4.69, 9.17) is 9.47 Å². The highest BCUT2D eigenvalue weighted by Crippen LogP contribution is 2.28. The Hall–Kier alpha value is -2.88. The summed E-state index contributed by atoms with van der Waals surface area (Å²) in [5.41, 5.74) is 4.69. The molecule has 2 aliphatic rings. The second kappa shape index (κ2) is 11.8. The number of rotatable bonds is 9. The molecule has 2 aromatic rings. The molecule has 9 heteroatoms. The predicted octanol–water partition coefficient (Wildman–Crippen LogP) is 1.69. The fourth-order valence-corrected chi connectivity index (χ4v) is 4.22. The Morgan fingerprint density at radius 2 is 1.85 bits per heavy atom. The molecule has 0 atom stereocenters. The third kappa shape index (κ3) is 6.34. The van der Waals surface area contributed by atoms with Crippen molar-refractivity contribution in [3.05, 3.63) is 48.2 Å². The lowest BCUT2D eigenvalue weighted by Gasteiger charge is -2.36. The van der Waals surface area contributed by atoms with Gasteiger partial charge >= 0.3 is 0 Å². The number of benzene rings is 1. The van der Waals surface area contributed by atoms with E-state index < -0.39 is 0 Å². The van der Waals surface area contributed by atoms with Crippen molar-refractivity contribution in [3.8, 4) is 5.75 Å². The van der Waals surface area contributed by atoms with E-state index in [1.807, 2.05) is 23.2 Å². The molecule has 2 N–H and O–H groups in total. The van der Waals surface area contributed by atoms with Crippen molar-refractivity contribution >= 4 is 17.4 Å². The van der Waals surface area contributed by atoms with Crippen LogP contribution in [0.5, 0.6) is 5.75 Å². The number of anilines is 2. The summed E-state index contributed by atoms with van der Waals surface area (Å²) >= 11 is 0. The highest BCUT2D eigenvalue weighted by Gasteiger charge is 2.20. The third-order valence-corrected chi connectivity index (χ3v) is 6.06. The smallest absolute Gasteiger partial charge is 0.269 e. The average Bonchev–Trinajstić information content (AvgIpc) is 2.88. The van der Waals surface area contributed by atoms with Crippen molar-refractivity contribution < 1.29 is 14.3 Å². The summed E-state index contributed by atoms with van der Waals surface area (Å²) in [6, 6.07) is 11.8. The molecule has 0 unspecified atom stereocenters. The number of hydrazine groups is 1. The minimum absolute atomic E-state index is 0.139. The molecule has 2 fully saturated rings. The molecule has 2 aliphatic heterocycles. The van der Waals surface area contributed by atoms with Gasteiger partial charge in [0.05, 0.1) is 31.6 Å². The zero-order valence-electron chi connectivity index (χ0n) is 19.3. The number of pyridine rings is 1. The van der Waals surface area contributed by atoms with Crippen LogP contribution < -0.4 is 20.4 Å².